The Morgan fingerprint density at radius 1 is 0.960 bits per heavy atom. The van der Waals surface area contributed by atoms with Crippen LogP contribution in [0.3, 0.4) is 0 Å². The van der Waals surface area contributed by atoms with Gasteiger partial charge in [-0.25, -0.2) is 0 Å². The first kappa shape index (κ1) is 15.0. The molecule has 4 aliphatic rings. The van der Waals surface area contributed by atoms with Crippen molar-refractivity contribution in [2.45, 2.75) is 24.9 Å². The van der Waals surface area contributed by atoms with E-state index in [1.165, 1.54) is 25.9 Å². The third-order valence-electron chi connectivity index (χ3n) is 5.94. The average Bonchev–Trinajstić information content (AvgIpc) is 2.67. The molecule has 0 amide bonds. The molecule has 25 heavy (non-hydrogen) atoms. The topological polar surface area (TPSA) is 40.0 Å². The van der Waals surface area contributed by atoms with Crippen LogP contribution in [0, 0.1) is 5.92 Å². The second-order valence-corrected chi connectivity index (χ2v) is 7.38. The standard InChI is InChI=1S/C21H21NO3/c23-21(25-19-13-22-11-9-14(19)10-12-22)20-15-5-1-3-7-17(15)24-18-8-4-2-6-16(18)20/h1-8,14,19-20H,9-13H2/p+1. The first-order chi connectivity index (χ1) is 12.3. The highest BCUT2D eigenvalue weighted by molar-refractivity contribution is 5.85. The number of carbonyl (C=O) groups is 1. The lowest BCUT2D eigenvalue weighted by Crippen LogP contribution is -3.16. The maximum absolute atomic E-state index is 13.2. The number of rotatable bonds is 2. The SMILES string of the molecule is O=C(OC1C[NH+]2CCC1CC2)C1c2ccccc2Oc2ccccc21. The second kappa shape index (κ2) is 5.88. The summed E-state index contributed by atoms with van der Waals surface area (Å²) in [6.07, 6.45) is 2.41. The van der Waals surface area contributed by atoms with Gasteiger partial charge >= 0.3 is 5.97 Å². The van der Waals surface area contributed by atoms with Gasteiger partial charge in [-0.15, -0.1) is 0 Å². The van der Waals surface area contributed by atoms with E-state index in [0.29, 0.717) is 5.92 Å². The summed E-state index contributed by atoms with van der Waals surface area (Å²) in [5.74, 6) is 1.50. The first-order valence-electron chi connectivity index (χ1n) is 9.19. The number of fused-ring (bicyclic) bond motifs is 5. The molecule has 3 fully saturated rings. The molecule has 2 aromatic carbocycles. The molecule has 4 nitrogen and oxygen atoms in total. The van der Waals surface area contributed by atoms with Crippen molar-refractivity contribution in [1.29, 1.82) is 0 Å². The van der Waals surface area contributed by atoms with Gasteiger partial charge in [0.1, 0.15) is 24.0 Å². The van der Waals surface area contributed by atoms with Crippen molar-refractivity contribution in [1.82, 2.24) is 0 Å². The van der Waals surface area contributed by atoms with Crippen molar-refractivity contribution in [2.24, 2.45) is 5.92 Å². The van der Waals surface area contributed by atoms with Crippen LogP contribution in [0.5, 0.6) is 11.5 Å². The predicted molar refractivity (Wildman–Crippen MR) is 93.0 cm³/mol. The minimum absolute atomic E-state index is 0.0622. The number of nitrogens with one attached hydrogen (secondary N) is 1. The number of quaternary nitrogens is 1. The molecule has 1 N–H and O–H groups in total. The number of para-hydroxylation sites is 2. The van der Waals surface area contributed by atoms with Crippen LogP contribution in [0.2, 0.25) is 0 Å². The molecule has 2 bridgehead atoms. The quantitative estimate of drug-likeness (QED) is 0.854. The number of carbonyl (C=O) groups excluding carboxylic acids is 1. The molecule has 3 saturated heterocycles. The molecule has 1 atom stereocenters. The van der Waals surface area contributed by atoms with Gasteiger partial charge in [0, 0.05) is 29.9 Å². The third kappa shape index (κ3) is 2.52. The fourth-order valence-corrected chi connectivity index (χ4v) is 4.59. The van der Waals surface area contributed by atoms with Crippen LogP contribution in [-0.4, -0.2) is 31.7 Å². The monoisotopic (exact) mass is 336 g/mol. The lowest BCUT2D eigenvalue weighted by Gasteiger charge is -2.41. The number of ether oxygens (including phenoxy) is 2. The van der Waals surface area contributed by atoms with Crippen molar-refractivity contribution >= 4 is 5.97 Å². The van der Waals surface area contributed by atoms with Gasteiger partial charge < -0.3 is 14.4 Å². The number of benzene rings is 2. The Kier molecular flexibility index (Phi) is 3.52. The Morgan fingerprint density at radius 2 is 1.56 bits per heavy atom. The van der Waals surface area contributed by atoms with Gasteiger partial charge in [-0.3, -0.25) is 4.79 Å². The summed E-state index contributed by atoms with van der Waals surface area (Å²) in [5.41, 5.74) is 1.81. The van der Waals surface area contributed by atoms with Crippen LogP contribution in [0.25, 0.3) is 0 Å². The van der Waals surface area contributed by atoms with Gasteiger partial charge in [0.15, 0.2) is 6.10 Å². The zero-order valence-corrected chi connectivity index (χ0v) is 14.1. The third-order valence-corrected chi connectivity index (χ3v) is 5.94. The van der Waals surface area contributed by atoms with E-state index in [9.17, 15) is 4.79 Å². The molecule has 4 heterocycles. The highest BCUT2D eigenvalue weighted by Gasteiger charge is 2.42. The van der Waals surface area contributed by atoms with Gasteiger partial charge in [-0.1, -0.05) is 36.4 Å². The van der Waals surface area contributed by atoms with Crippen LogP contribution in [0.4, 0.5) is 0 Å². The van der Waals surface area contributed by atoms with E-state index in [-0.39, 0.29) is 12.1 Å². The number of hydrogen-bond donors (Lipinski definition) is 1. The van der Waals surface area contributed by atoms with E-state index < -0.39 is 5.92 Å². The molecule has 2 aromatic rings. The van der Waals surface area contributed by atoms with Crippen LogP contribution in [0.15, 0.2) is 48.5 Å². The lowest BCUT2D eigenvalue weighted by atomic mass is 9.85. The van der Waals surface area contributed by atoms with Crippen LogP contribution in [0.1, 0.15) is 29.9 Å². The average molecular weight is 336 g/mol. The van der Waals surface area contributed by atoms with Crippen molar-refractivity contribution in [3.05, 3.63) is 59.7 Å². The van der Waals surface area contributed by atoms with E-state index >= 15 is 0 Å². The predicted octanol–water partition coefficient (Wildman–Crippen LogP) is 2.14. The van der Waals surface area contributed by atoms with Crippen LogP contribution >= 0.6 is 0 Å². The summed E-state index contributed by atoms with van der Waals surface area (Å²) in [4.78, 5) is 14.8. The minimum Gasteiger partial charge on any atom is -0.457 e. The van der Waals surface area contributed by atoms with Gasteiger partial charge in [0.05, 0.1) is 13.1 Å². The maximum Gasteiger partial charge on any atom is 0.318 e. The Labute approximate surface area is 147 Å². The van der Waals surface area contributed by atoms with Crippen molar-refractivity contribution in [3.63, 3.8) is 0 Å². The van der Waals surface area contributed by atoms with E-state index in [4.69, 9.17) is 9.47 Å². The smallest absolute Gasteiger partial charge is 0.318 e. The maximum atomic E-state index is 13.2. The Bertz CT molecular complexity index is 765. The first-order valence-corrected chi connectivity index (χ1v) is 9.19. The number of piperidine rings is 3. The summed E-state index contributed by atoms with van der Waals surface area (Å²) in [6, 6.07) is 15.6. The van der Waals surface area contributed by atoms with Crippen LogP contribution < -0.4 is 9.64 Å². The Morgan fingerprint density at radius 3 is 2.12 bits per heavy atom. The normalized spacial score (nSPS) is 27.1. The van der Waals surface area contributed by atoms with E-state index in [1.807, 2.05) is 48.5 Å². The molecule has 0 aromatic heterocycles. The van der Waals surface area contributed by atoms with Gasteiger partial charge in [-0.05, 0) is 12.1 Å². The molecular weight excluding hydrogens is 314 g/mol. The molecule has 0 aliphatic carbocycles. The van der Waals surface area contributed by atoms with Gasteiger partial charge in [-0.2, -0.15) is 0 Å². The fraction of sp³-hybridized carbons (Fsp3) is 0.381. The van der Waals surface area contributed by atoms with Crippen LogP contribution in [-0.2, 0) is 9.53 Å². The minimum atomic E-state index is -0.397. The number of hydrogen-bond acceptors (Lipinski definition) is 3. The summed E-state index contributed by atoms with van der Waals surface area (Å²) >= 11 is 0. The Balaban J connectivity index is 1.47. The van der Waals surface area contributed by atoms with Crippen molar-refractivity contribution in [2.75, 3.05) is 19.6 Å². The highest BCUT2D eigenvalue weighted by Crippen LogP contribution is 2.44. The molecule has 4 aliphatic heterocycles. The van der Waals surface area contributed by atoms with Crippen molar-refractivity contribution in [3.8, 4) is 11.5 Å². The molecule has 0 radical (unpaired) electrons. The summed E-state index contributed by atoms with van der Waals surface area (Å²) in [6.45, 7) is 3.41. The van der Waals surface area contributed by atoms with Gasteiger partial charge in [0.2, 0.25) is 0 Å². The summed E-state index contributed by atoms with van der Waals surface area (Å²) < 4.78 is 12.0. The Hall–Kier alpha value is -2.33. The zero-order chi connectivity index (χ0) is 16.8. The number of esters is 1. The molecular formula is C21H22NO3+. The van der Waals surface area contributed by atoms with Crippen molar-refractivity contribution < 1.29 is 19.2 Å². The molecule has 0 saturated carbocycles. The molecule has 6 rings (SSSR count). The zero-order valence-electron chi connectivity index (χ0n) is 14.1. The van der Waals surface area contributed by atoms with E-state index in [1.54, 1.807) is 4.90 Å². The molecule has 0 spiro atoms. The lowest BCUT2D eigenvalue weighted by molar-refractivity contribution is -0.920. The van der Waals surface area contributed by atoms with E-state index in [0.717, 1.165) is 29.2 Å². The summed E-state index contributed by atoms with van der Waals surface area (Å²) in [7, 11) is 0. The highest BCUT2D eigenvalue weighted by atomic mass is 16.5. The van der Waals surface area contributed by atoms with Gasteiger partial charge in [0.25, 0.3) is 0 Å². The second-order valence-electron chi connectivity index (χ2n) is 7.38. The molecule has 1 unspecified atom stereocenters. The summed E-state index contributed by atoms with van der Waals surface area (Å²) in [5, 5.41) is 0. The van der Waals surface area contributed by atoms with E-state index in [2.05, 4.69) is 0 Å². The molecule has 4 heteroatoms. The largest absolute Gasteiger partial charge is 0.457 e. The fourth-order valence-electron chi connectivity index (χ4n) is 4.59. The molecule has 128 valence electrons.